The van der Waals surface area contributed by atoms with Crippen molar-refractivity contribution in [3.05, 3.63) is 75.3 Å². The van der Waals surface area contributed by atoms with Crippen LogP contribution < -0.4 is 10.9 Å². The van der Waals surface area contributed by atoms with Crippen LogP contribution in [0.4, 0.5) is 8.78 Å². The number of carbonyl (C=O) groups is 1. The molecule has 8 heteroatoms. The fraction of sp³-hybridized carbons (Fsp3) is 0.200. The van der Waals surface area contributed by atoms with E-state index in [4.69, 9.17) is 0 Å². The summed E-state index contributed by atoms with van der Waals surface area (Å²) in [5.41, 5.74) is 0.386. The lowest BCUT2D eigenvalue weighted by Gasteiger charge is -2.18. The van der Waals surface area contributed by atoms with Crippen LogP contribution in [-0.2, 0) is 4.79 Å². The maximum absolute atomic E-state index is 13.9. The molecule has 0 saturated heterocycles. The Balaban J connectivity index is 1.90. The minimum atomic E-state index is -0.870. The van der Waals surface area contributed by atoms with Crippen LogP contribution >= 0.6 is 0 Å². The highest BCUT2D eigenvalue weighted by Gasteiger charge is 2.22. The number of fused-ring (bicyclic) bond motifs is 1. The Morgan fingerprint density at radius 1 is 1.21 bits per heavy atom. The van der Waals surface area contributed by atoms with Crippen molar-refractivity contribution in [3.8, 4) is 6.07 Å². The van der Waals surface area contributed by atoms with Gasteiger partial charge in [0.05, 0.1) is 17.5 Å². The van der Waals surface area contributed by atoms with Crippen molar-refractivity contribution in [2.75, 3.05) is 0 Å². The molecule has 3 aromatic rings. The second kappa shape index (κ2) is 7.56. The number of carbonyl (C=O) groups excluding carboxylic acids is 1. The van der Waals surface area contributed by atoms with Gasteiger partial charge in [-0.05, 0) is 32.0 Å². The molecule has 0 aliphatic carbocycles. The summed E-state index contributed by atoms with van der Waals surface area (Å²) in [7, 11) is 0. The highest BCUT2D eigenvalue weighted by Crippen LogP contribution is 2.22. The van der Waals surface area contributed by atoms with Gasteiger partial charge in [-0.15, -0.1) is 0 Å². The molecule has 28 heavy (non-hydrogen) atoms. The van der Waals surface area contributed by atoms with Crippen molar-refractivity contribution in [2.45, 2.75) is 25.8 Å². The number of hydrogen-bond donors (Lipinski definition) is 2. The molecule has 0 saturated carbocycles. The van der Waals surface area contributed by atoms with Crippen LogP contribution in [0.3, 0.4) is 0 Å². The average molecular weight is 382 g/mol. The van der Waals surface area contributed by atoms with Crippen molar-refractivity contribution < 1.29 is 13.6 Å². The number of aromatic amines is 1. The van der Waals surface area contributed by atoms with Gasteiger partial charge in [-0.2, -0.15) is 5.26 Å². The zero-order valence-corrected chi connectivity index (χ0v) is 15.1. The molecule has 1 amide bonds. The maximum atomic E-state index is 13.9. The fourth-order valence-corrected chi connectivity index (χ4v) is 2.96. The lowest BCUT2D eigenvalue weighted by Crippen LogP contribution is -2.33. The van der Waals surface area contributed by atoms with Crippen molar-refractivity contribution in [3.63, 3.8) is 0 Å². The van der Waals surface area contributed by atoms with Crippen LogP contribution in [0.25, 0.3) is 10.9 Å². The lowest BCUT2D eigenvalue weighted by molar-refractivity contribution is -0.122. The van der Waals surface area contributed by atoms with Crippen molar-refractivity contribution in [2.24, 2.45) is 0 Å². The molecule has 1 aromatic carbocycles. The SMILES string of the molecule is C[C@H](NC(=O)[C@@H](C)c1cc2c(C#N)nccc2[nH]c1=O)c1ccc(F)cc1F. The number of pyridine rings is 2. The molecule has 2 aromatic heterocycles. The monoisotopic (exact) mass is 382 g/mol. The van der Waals surface area contributed by atoms with E-state index >= 15 is 0 Å². The fourth-order valence-electron chi connectivity index (χ4n) is 2.96. The third-order valence-electron chi connectivity index (χ3n) is 4.55. The summed E-state index contributed by atoms with van der Waals surface area (Å²) < 4.78 is 27.0. The summed E-state index contributed by atoms with van der Waals surface area (Å²) in [6.45, 7) is 3.09. The number of nitriles is 1. The van der Waals surface area contributed by atoms with Crippen LogP contribution in [-0.4, -0.2) is 15.9 Å². The second-order valence-corrected chi connectivity index (χ2v) is 6.40. The largest absolute Gasteiger partial charge is 0.349 e. The van der Waals surface area contributed by atoms with Gasteiger partial charge in [0.15, 0.2) is 0 Å². The van der Waals surface area contributed by atoms with Gasteiger partial charge >= 0.3 is 0 Å². The predicted molar refractivity (Wildman–Crippen MR) is 98.4 cm³/mol. The molecule has 6 nitrogen and oxygen atoms in total. The molecule has 0 radical (unpaired) electrons. The Morgan fingerprint density at radius 3 is 2.64 bits per heavy atom. The molecule has 0 unspecified atom stereocenters. The van der Waals surface area contributed by atoms with Gasteiger partial charge in [-0.3, -0.25) is 9.59 Å². The third kappa shape index (κ3) is 3.60. The van der Waals surface area contributed by atoms with Crippen LogP contribution in [0.1, 0.15) is 42.6 Å². The van der Waals surface area contributed by atoms with Crippen molar-refractivity contribution in [1.29, 1.82) is 5.26 Å². The van der Waals surface area contributed by atoms with Gasteiger partial charge in [-0.25, -0.2) is 13.8 Å². The maximum Gasteiger partial charge on any atom is 0.252 e. The van der Waals surface area contributed by atoms with Crippen LogP contribution in [0.15, 0.2) is 41.3 Å². The molecular weight excluding hydrogens is 366 g/mol. The number of amides is 1. The number of hydrogen-bond acceptors (Lipinski definition) is 4. The van der Waals surface area contributed by atoms with Gasteiger partial charge in [0.25, 0.3) is 5.56 Å². The predicted octanol–water partition coefficient (Wildman–Crippen LogP) is 3.05. The van der Waals surface area contributed by atoms with Gasteiger partial charge in [0.1, 0.15) is 23.4 Å². The number of nitrogens with one attached hydrogen (secondary N) is 2. The molecule has 2 N–H and O–H groups in total. The van der Waals surface area contributed by atoms with Crippen LogP contribution in [0, 0.1) is 23.0 Å². The number of aromatic nitrogens is 2. The smallest absolute Gasteiger partial charge is 0.252 e. The molecule has 0 aliphatic heterocycles. The molecule has 0 aliphatic rings. The van der Waals surface area contributed by atoms with E-state index in [0.29, 0.717) is 10.9 Å². The first-order valence-corrected chi connectivity index (χ1v) is 8.49. The molecule has 0 fully saturated rings. The Bertz CT molecular complexity index is 1170. The minimum Gasteiger partial charge on any atom is -0.349 e. The van der Waals surface area contributed by atoms with E-state index in [1.54, 1.807) is 13.0 Å². The molecule has 0 spiro atoms. The van der Waals surface area contributed by atoms with Crippen molar-refractivity contribution >= 4 is 16.8 Å². The number of H-pyrrole nitrogens is 1. The van der Waals surface area contributed by atoms with E-state index in [0.717, 1.165) is 12.1 Å². The summed E-state index contributed by atoms with van der Waals surface area (Å²) in [5.74, 6) is -2.86. The molecule has 0 bridgehead atoms. The van der Waals surface area contributed by atoms with Gasteiger partial charge in [0, 0.05) is 28.8 Å². The third-order valence-corrected chi connectivity index (χ3v) is 4.55. The van der Waals surface area contributed by atoms with E-state index in [-0.39, 0.29) is 16.8 Å². The first-order chi connectivity index (χ1) is 13.3. The molecule has 2 atom stereocenters. The molecular formula is C20H16F2N4O2. The first-order valence-electron chi connectivity index (χ1n) is 8.49. The number of rotatable bonds is 4. The summed E-state index contributed by atoms with van der Waals surface area (Å²) in [5, 5.41) is 12.2. The van der Waals surface area contributed by atoms with Crippen LogP contribution in [0.5, 0.6) is 0 Å². The Hall–Kier alpha value is -3.60. The topological polar surface area (TPSA) is 98.6 Å². The van der Waals surface area contributed by atoms with Crippen molar-refractivity contribution in [1.82, 2.24) is 15.3 Å². The van der Waals surface area contributed by atoms with Gasteiger partial charge in [0.2, 0.25) is 5.91 Å². The Kier molecular flexibility index (Phi) is 5.18. The summed E-state index contributed by atoms with van der Waals surface area (Å²) in [6, 6.07) is 7.35. The quantitative estimate of drug-likeness (QED) is 0.724. The normalized spacial score (nSPS) is 13.0. The highest BCUT2D eigenvalue weighted by atomic mass is 19.1. The standard InChI is InChI=1S/C20H16F2N4O2/c1-10(19(27)25-11(2)13-4-3-12(21)7-16(13)22)14-8-15-17(26-20(14)28)5-6-24-18(15)9-23/h3-8,10-11H,1-2H3,(H,25,27)(H,26,28)/t10-,11-/m0/s1. The highest BCUT2D eigenvalue weighted by molar-refractivity contribution is 5.87. The van der Waals surface area contributed by atoms with E-state index in [9.17, 15) is 23.6 Å². The van der Waals surface area contributed by atoms with E-state index in [2.05, 4.69) is 15.3 Å². The zero-order valence-electron chi connectivity index (χ0n) is 15.1. The minimum absolute atomic E-state index is 0.129. The zero-order chi connectivity index (χ0) is 20.4. The second-order valence-electron chi connectivity index (χ2n) is 6.40. The first kappa shape index (κ1) is 19.2. The van der Waals surface area contributed by atoms with E-state index in [1.165, 1.54) is 25.3 Å². The molecule has 3 rings (SSSR count). The molecule has 2 heterocycles. The lowest BCUT2D eigenvalue weighted by atomic mass is 9.98. The Labute approximate surface area is 158 Å². The average Bonchev–Trinajstić information content (AvgIpc) is 2.66. The number of benzene rings is 1. The van der Waals surface area contributed by atoms with E-state index in [1.807, 2.05) is 6.07 Å². The van der Waals surface area contributed by atoms with E-state index < -0.39 is 35.1 Å². The van der Waals surface area contributed by atoms with Gasteiger partial charge in [-0.1, -0.05) is 6.07 Å². The molecule has 142 valence electrons. The summed E-state index contributed by atoms with van der Waals surface area (Å²) >= 11 is 0. The summed E-state index contributed by atoms with van der Waals surface area (Å²) in [6.07, 6.45) is 1.41. The Morgan fingerprint density at radius 2 is 1.96 bits per heavy atom. The summed E-state index contributed by atoms with van der Waals surface area (Å²) in [4.78, 5) is 31.6. The number of nitrogens with zero attached hydrogens (tertiary/aromatic N) is 2. The van der Waals surface area contributed by atoms with Gasteiger partial charge < -0.3 is 10.3 Å². The number of halogens is 2. The van der Waals surface area contributed by atoms with Crippen LogP contribution in [0.2, 0.25) is 0 Å².